The van der Waals surface area contributed by atoms with E-state index in [0.29, 0.717) is 51.4 Å². The van der Waals surface area contributed by atoms with Crippen LogP contribution in [0.3, 0.4) is 0 Å². The second-order valence-corrected chi connectivity index (χ2v) is 8.72. The van der Waals surface area contributed by atoms with Crippen molar-refractivity contribution in [1.29, 1.82) is 0 Å². The molecule has 7 nitrogen and oxygen atoms in total. The molecule has 3 rings (SSSR count). The number of carbonyl (C=O) groups excluding carboxylic acids is 3. The molecule has 0 radical (unpaired) electrons. The van der Waals surface area contributed by atoms with E-state index in [2.05, 4.69) is 17.1 Å². The van der Waals surface area contributed by atoms with Crippen molar-refractivity contribution < 1.29 is 14.4 Å². The van der Waals surface area contributed by atoms with E-state index in [1.807, 2.05) is 16.7 Å². The fourth-order valence-electron chi connectivity index (χ4n) is 3.86. The Morgan fingerprint density at radius 1 is 1.28 bits per heavy atom. The second kappa shape index (κ2) is 7.53. The maximum Gasteiger partial charge on any atom is 0.246 e. The van der Waals surface area contributed by atoms with E-state index < -0.39 is 0 Å². The zero-order valence-electron chi connectivity index (χ0n) is 15.1. The largest absolute Gasteiger partial charge is 0.355 e. The number of fused-ring (bicyclic) bond motifs is 1. The first kappa shape index (κ1) is 18.5. The third kappa shape index (κ3) is 3.79. The van der Waals surface area contributed by atoms with Gasteiger partial charge in [-0.15, -0.1) is 11.8 Å². The zero-order chi connectivity index (χ0) is 18.0. The Morgan fingerprint density at radius 3 is 2.68 bits per heavy atom. The van der Waals surface area contributed by atoms with Gasteiger partial charge in [-0.2, -0.15) is 0 Å². The molecule has 2 unspecified atom stereocenters. The highest BCUT2D eigenvalue weighted by Crippen LogP contribution is 2.47. The molecule has 3 aliphatic heterocycles. The van der Waals surface area contributed by atoms with Crippen LogP contribution in [0.5, 0.6) is 0 Å². The molecule has 0 aliphatic carbocycles. The first-order valence-corrected chi connectivity index (χ1v) is 10.2. The van der Waals surface area contributed by atoms with Crippen LogP contribution in [-0.2, 0) is 14.4 Å². The summed E-state index contributed by atoms with van der Waals surface area (Å²) in [5.74, 6) is 0.923. The molecule has 3 amide bonds. The molecule has 8 heteroatoms. The van der Waals surface area contributed by atoms with Crippen molar-refractivity contribution in [3.63, 3.8) is 0 Å². The van der Waals surface area contributed by atoms with E-state index in [9.17, 15) is 14.4 Å². The fourth-order valence-corrected chi connectivity index (χ4v) is 5.29. The molecule has 0 aromatic carbocycles. The second-order valence-electron chi connectivity index (χ2n) is 7.22. The van der Waals surface area contributed by atoms with Crippen LogP contribution >= 0.6 is 11.8 Å². The van der Waals surface area contributed by atoms with Gasteiger partial charge in [-0.3, -0.25) is 19.3 Å². The monoisotopic (exact) mass is 368 g/mol. The molecule has 0 spiro atoms. The molecule has 0 saturated carbocycles. The van der Waals surface area contributed by atoms with Crippen LogP contribution in [0.4, 0.5) is 0 Å². The molecule has 3 heterocycles. The lowest BCUT2D eigenvalue weighted by Crippen LogP contribution is -2.56. The number of amides is 3. The van der Waals surface area contributed by atoms with Crippen LogP contribution in [-0.4, -0.2) is 88.4 Å². The van der Waals surface area contributed by atoms with Crippen molar-refractivity contribution >= 4 is 29.5 Å². The molecule has 3 aliphatic rings. The minimum Gasteiger partial charge on any atom is -0.355 e. The molecule has 3 saturated heterocycles. The summed E-state index contributed by atoms with van der Waals surface area (Å²) in [6.45, 7) is 7.86. The number of rotatable bonds is 5. The molecular weight excluding hydrogens is 340 g/mol. The van der Waals surface area contributed by atoms with Gasteiger partial charge in [-0.25, -0.2) is 0 Å². The van der Waals surface area contributed by atoms with Gasteiger partial charge in [-0.1, -0.05) is 6.92 Å². The average molecular weight is 369 g/mol. The lowest BCUT2D eigenvalue weighted by atomic mass is 10.2. The highest BCUT2D eigenvalue weighted by atomic mass is 32.2. The third-order valence-corrected chi connectivity index (χ3v) is 6.86. The standard InChI is InChI=1S/C17H28N4O3S/c1-3-6-18-14(22)11-19-7-9-20(10-8-19)16(24)13-12-25-17(2)5-4-15(23)21(13)17/h13H,3-12H2,1-2H3,(H,18,22). The minimum atomic E-state index is -0.315. The van der Waals surface area contributed by atoms with Gasteiger partial charge in [0.15, 0.2) is 0 Å². The number of piperazine rings is 1. The summed E-state index contributed by atoms with van der Waals surface area (Å²) in [6, 6.07) is -0.315. The number of hydrogen-bond donors (Lipinski definition) is 1. The van der Waals surface area contributed by atoms with Gasteiger partial charge in [0.1, 0.15) is 6.04 Å². The summed E-state index contributed by atoms with van der Waals surface area (Å²) in [5, 5.41) is 2.88. The van der Waals surface area contributed by atoms with Crippen molar-refractivity contribution in [2.24, 2.45) is 0 Å². The zero-order valence-corrected chi connectivity index (χ0v) is 15.9. The van der Waals surface area contributed by atoms with E-state index in [-0.39, 0.29) is 28.6 Å². The van der Waals surface area contributed by atoms with Crippen LogP contribution in [0, 0.1) is 0 Å². The van der Waals surface area contributed by atoms with Gasteiger partial charge in [0.2, 0.25) is 17.7 Å². The molecule has 3 fully saturated rings. The van der Waals surface area contributed by atoms with Crippen molar-refractivity contribution in [2.45, 2.75) is 44.0 Å². The predicted molar refractivity (Wildman–Crippen MR) is 97.1 cm³/mol. The van der Waals surface area contributed by atoms with E-state index in [0.717, 1.165) is 12.8 Å². The van der Waals surface area contributed by atoms with Gasteiger partial charge in [0.05, 0.1) is 11.4 Å². The molecule has 2 atom stereocenters. The molecule has 140 valence electrons. The predicted octanol–water partition coefficient (Wildman–Crippen LogP) is 0.111. The number of thioether (sulfide) groups is 1. The summed E-state index contributed by atoms with van der Waals surface area (Å²) in [6.07, 6.45) is 2.32. The summed E-state index contributed by atoms with van der Waals surface area (Å²) < 4.78 is 0. The topological polar surface area (TPSA) is 73.0 Å². The van der Waals surface area contributed by atoms with Crippen LogP contribution in [0.1, 0.15) is 33.1 Å². The Balaban J connectivity index is 1.51. The Morgan fingerprint density at radius 2 is 2.00 bits per heavy atom. The Labute approximate surface area is 153 Å². The number of nitrogens with one attached hydrogen (secondary N) is 1. The third-order valence-electron chi connectivity index (χ3n) is 5.35. The van der Waals surface area contributed by atoms with Crippen molar-refractivity contribution in [1.82, 2.24) is 20.0 Å². The molecule has 1 N–H and O–H groups in total. The molecule has 0 bridgehead atoms. The van der Waals surface area contributed by atoms with Gasteiger partial charge in [-0.05, 0) is 19.8 Å². The van der Waals surface area contributed by atoms with E-state index in [1.165, 1.54) is 0 Å². The molecule has 0 aromatic rings. The van der Waals surface area contributed by atoms with Gasteiger partial charge in [0, 0.05) is 44.9 Å². The lowest BCUT2D eigenvalue weighted by Gasteiger charge is -2.37. The van der Waals surface area contributed by atoms with Crippen LogP contribution in [0.15, 0.2) is 0 Å². The minimum absolute atomic E-state index is 0.0484. The van der Waals surface area contributed by atoms with Crippen molar-refractivity contribution in [2.75, 3.05) is 45.0 Å². The average Bonchev–Trinajstić information content (AvgIpc) is 3.09. The molecule has 25 heavy (non-hydrogen) atoms. The van der Waals surface area contributed by atoms with Crippen LogP contribution in [0.25, 0.3) is 0 Å². The highest BCUT2D eigenvalue weighted by Gasteiger charge is 2.53. The van der Waals surface area contributed by atoms with Gasteiger partial charge in [0.25, 0.3) is 0 Å². The normalized spacial score (nSPS) is 29.8. The lowest BCUT2D eigenvalue weighted by molar-refractivity contribution is -0.145. The SMILES string of the molecule is CCCNC(=O)CN1CCN(C(=O)C2CSC3(C)CCC(=O)N23)CC1. The molecular formula is C17H28N4O3S. The Bertz CT molecular complexity index is 550. The first-order valence-electron chi connectivity index (χ1n) is 9.18. The quantitative estimate of drug-likeness (QED) is 0.746. The Kier molecular flexibility index (Phi) is 5.58. The first-order chi connectivity index (χ1) is 11.9. The van der Waals surface area contributed by atoms with Crippen LogP contribution < -0.4 is 5.32 Å². The van der Waals surface area contributed by atoms with E-state index in [1.54, 1.807) is 11.8 Å². The Hall–Kier alpha value is -1.28. The number of hydrogen-bond acceptors (Lipinski definition) is 5. The maximum atomic E-state index is 12.9. The van der Waals surface area contributed by atoms with Gasteiger partial charge < -0.3 is 15.1 Å². The van der Waals surface area contributed by atoms with Crippen molar-refractivity contribution in [3.8, 4) is 0 Å². The number of nitrogens with zero attached hydrogens (tertiary/aromatic N) is 3. The number of carbonyl (C=O) groups is 3. The smallest absolute Gasteiger partial charge is 0.246 e. The highest BCUT2D eigenvalue weighted by molar-refractivity contribution is 8.01. The summed E-state index contributed by atoms with van der Waals surface area (Å²) >= 11 is 1.73. The summed E-state index contributed by atoms with van der Waals surface area (Å²) in [7, 11) is 0. The van der Waals surface area contributed by atoms with Gasteiger partial charge >= 0.3 is 0 Å². The summed E-state index contributed by atoms with van der Waals surface area (Å²) in [5.41, 5.74) is 0. The van der Waals surface area contributed by atoms with Crippen LogP contribution in [0.2, 0.25) is 0 Å². The summed E-state index contributed by atoms with van der Waals surface area (Å²) in [4.78, 5) is 42.5. The van der Waals surface area contributed by atoms with E-state index >= 15 is 0 Å². The maximum absolute atomic E-state index is 12.9. The molecule has 0 aromatic heterocycles. The fraction of sp³-hybridized carbons (Fsp3) is 0.824. The van der Waals surface area contributed by atoms with Crippen molar-refractivity contribution in [3.05, 3.63) is 0 Å². The van der Waals surface area contributed by atoms with E-state index in [4.69, 9.17) is 0 Å².